The number of fused-ring (bicyclic) bond motifs is 1. The minimum atomic E-state index is -0.710. The van der Waals surface area contributed by atoms with E-state index in [4.69, 9.17) is 0 Å². The van der Waals surface area contributed by atoms with Crippen LogP contribution < -0.4 is 10.9 Å². The molecule has 1 saturated carbocycles. The number of halogens is 2. The third-order valence-corrected chi connectivity index (χ3v) is 6.20. The Balaban J connectivity index is 1.60. The molecule has 0 aliphatic heterocycles. The van der Waals surface area contributed by atoms with Gasteiger partial charge in [0.1, 0.15) is 11.6 Å². The predicted octanol–water partition coefficient (Wildman–Crippen LogP) is 4.91. The third-order valence-electron chi connectivity index (χ3n) is 5.25. The second-order valence-corrected chi connectivity index (χ2v) is 8.28. The first-order valence-corrected chi connectivity index (χ1v) is 10.9. The first-order valence-electron chi connectivity index (χ1n) is 9.92. The summed E-state index contributed by atoms with van der Waals surface area (Å²) < 4.78 is 28.8. The van der Waals surface area contributed by atoms with Crippen molar-refractivity contribution < 1.29 is 13.6 Å². The van der Waals surface area contributed by atoms with Crippen molar-refractivity contribution in [1.82, 2.24) is 9.55 Å². The molecule has 2 aromatic carbocycles. The van der Waals surface area contributed by atoms with E-state index in [-0.39, 0.29) is 23.0 Å². The normalized spacial score (nSPS) is 14.7. The van der Waals surface area contributed by atoms with E-state index in [2.05, 4.69) is 10.3 Å². The van der Waals surface area contributed by atoms with Crippen LogP contribution in [-0.2, 0) is 4.79 Å². The Morgan fingerprint density at radius 3 is 2.70 bits per heavy atom. The highest BCUT2D eigenvalue weighted by Crippen LogP contribution is 2.31. The van der Waals surface area contributed by atoms with Gasteiger partial charge in [-0.05, 0) is 37.1 Å². The molecular formula is C22H21F2N3O2S. The summed E-state index contributed by atoms with van der Waals surface area (Å²) in [6.07, 6.45) is 5.04. The average molecular weight is 429 g/mol. The van der Waals surface area contributed by atoms with Gasteiger partial charge in [0.25, 0.3) is 5.56 Å². The van der Waals surface area contributed by atoms with Crippen LogP contribution in [0.1, 0.15) is 38.1 Å². The van der Waals surface area contributed by atoms with Gasteiger partial charge >= 0.3 is 0 Å². The van der Waals surface area contributed by atoms with Crippen LogP contribution in [0.4, 0.5) is 14.5 Å². The predicted molar refractivity (Wildman–Crippen MR) is 114 cm³/mol. The topological polar surface area (TPSA) is 64.0 Å². The number of hydrogen-bond donors (Lipinski definition) is 1. The number of anilines is 1. The summed E-state index contributed by atoms with van der Waals surface area (Å²) >= 11 is 1.13. The van der Waals surface area contributed by atoms with Crippen LogP contribution in [0.3, 0.4) is 0 Å². The maximum Gasteiger partial charge on any atom is 0.262 e. The van der Waals surface area contributed by atoms with E-state index in [1.807, 2.05) is 12.1 Å². The molecule has 0 bridgehead atoms. The van der Waals surface area contributed by atoms with Gasteiger partial charge in [-0.25, -0.2) is 13.8 Å². The van der Waals surface area contributed by atoms with E-state index >= 15 is 0 Å². The molecule has 0 atom stereocenters. The molecule has 1 N–H and O–H groups in total. The van der Waals surface area contributed by atoms with E-state index in [1.165, 1.54) is 0 Å². The van der Waals surface area contributed by atoms with Crippen LogP contribution >= 0.6 is 11.8 Å². The molecule has 0 saturated heterocycles. The highest BCUT2D eigenvalue weighted by atomic mass is 32.2. The Kier molecular flexibility index (Phi) is 6.13. The van der Waals surface area contributed by atoms with E-state index in [9.17, 15) is 18.4 Å². The Bertz CT molecular complexity index is 1140. The lowest BCUT2D eigenvalue weighted by Crippen LogP contribution is -2.29. The molecule has 1 aromatic heterocycles. The zero-order valence-corrected chi connectivity index (χ0v) is 17.1. The number of carbonyl (C=O) groups is 1. The number of nitrogens with zero attached hydrogens (tertiary/aromatic N) is 2. The van der Waals surface area contributed by atoms with Crippen molar-refractivity contribution in [3.8, 4) is 0 Å². The number of hydrogen-bond acceptors (Lipinski definition) is 4. The molecule has 0 radical (unpaired) electrons. The summed E-state index contributed by atoms with van der Waals surface area (Å²) in [6.45, 7) is 0. The molecule has 1 amide bonds. The van der Waals surface area contributed by atoms with Gasteiger partial charge in [-0.15, -0.1) is 0 Å². The fourth-order valence-electron chi connectivity index (χ4n) is 3.80. The molecule has 1 fully saturated rings. The Hall–Kier alpha value is -2.74. The van der Waals surface area contributed by atoms with Crippen LogP contribution in [-0.4, -0.2) is 21.2 Å². The summed E-state index contributed by atoms with van der Waals surface area (Å²) in [7, 11) is 0. The van der Waals surface area contributed by atoms with Gasteiger partial charge in [0.05, 0.1) is 22.3 Å². The van der Waals surface area contributed by atoms with Crippen molar-refractivity contribution in [2.24, 2.45) is 0 Å². The molecule has 1 heterocycles. The van der Waals surface area contributed by atoms with Crippen LogP contribution in [0.5, 0.6) is 0 Å². The zero-order valence-electron chi connectivity index (χ0n) is 16.2. The average Bonchev–Trinajstić information content (AvgIpc) is 2.75. The van der Waals surface area contributed by atoms with Crippen LogP contribution in [0.15, 0.2) is 52.4 Å². The van der Waals surface area contributed by atoms with Crippen molar-refractivity contribution in [2.45, 2.75) is 43.3 Å². The summed E-state index contributed by atoms with van der Waals surface area (Å²) in [5.41, 5.74) is 0.261. The fourth-order valence-corrected chi connectivity index (χ4v) is 4.66. The highest BCUT2D eigenvalue weighted by molar-refractivity contribution is 7.99. The molecule has 5 nitrogen and oxygen atoms in total. The number of aromatic nitrogens is 2. The van der Waals surface area contributed by atoms with Gasteiger partial charge in [0, 0.05) is 12.1 Å². The fraction of sp³-hybridized carbons (Fsp3) is 0.318. The quantitative estimate of drug-likeness (QED) is 0.462. The smallest absolute Gasteiger partial charge is 0.262 e. The Morgan fingerprint density at radius 1 is 1.13 bits per heavy atom. The van der Waals surface area contributed by atoms with Crippen LogP contribution in [0.2, 0.25) is 0 Å². The maximum atomic E-state index is 13.8. The van der Waals surface area contributed by atoms with Crippen molar-refractivity contribution in [1.29, 1.82) is 0 Å². The number of thioether (sulfide) groups is 1. The zero-order chi connectivity index (χ0) is 21.1. The van der Waals surface area contributed by atoms with Gasteiger partial charge in [-0.1, -0.05) is 43.2 Å². The molecule has 3 aromatic rings. The standard InChI is InChI=1S/C22H21F2N3O2S/c23-14-10-11-17(24)19(12-14)25-20(28)13-30-22-26-18-9-5-4-8-16(18)21(29)27(22)15-6-2-1-3-7-15/h4-5,8-12,15H,1-3,6-7,13H2,(H,25,28). The molecule has 156 valence electrons. The lowest BCUT2D eigenvalue weighted by Gasteiger charge is -2.26. The van der Waals surface area contributed by atoms with Crippen molar-refractivity contribution in [3.05, 3.63) is 64.5 Å². The summed E-state index contributed by atoms with van der Waals surface area (Å²) in [6, 6.07) is 10.1. The van der Waals surface area contributed by atoms with Gasteiger partial charge in [-0.2, -0.15) is 0 Å². The van der Waals surface area contributed by atoms with Crippen molar-refractivity contribution in [2.75, 3.05) is 11.1 Å². The minimum Gasteiger partial charge on any atom is -0.323 e. The minimum absolute atomic E-state index is 0.0505. The lowest BCUT2D eigenvalue weighted by atomic mass is 9.95. The first kappa shape index (κ1) is 20.5. The number of amides is 1. The summed E-state index contributed by atoms with van der Waals surface area (Å²) in [5, 5.41) is 3.41. The van der Waals surface area contributed by atoms with E-state index in [1.54, 1.807) is 16.7 Å². The van der Waals surface area contributed by atoms with Crippen LogP contribution in [0.25, 0.3) is 10.9 Å². The van der Waals surface area contributed by atoms with Gasteiger partial charge < -0.3 is 5.32 Å². The van der Waals surface area contributed by atoms with Gasteiger partial charge in [0.2, 0.25) is 5.91 Å². The second-order valence-electron chi connectivity index (χ2n) is 7.34. The number of benzene rings is 2. The van der Waals surface area contributed by atoms with E-state index in [0.717, 1.165) is 62.1 Å². The molecule has 1 aliphatic rings. The lowest BCUT2D eigenvalue weighted by molar-refractivity contribution is -0.113. The van der Waals surface area contributed by atoms with Crippen molar-refractivity contribution >= 4 is 34.3 Å². The highest BCUT2D eigenvalue weighted by Gasteiger charge is 2.22. The maximum absolute atomic E-state index is 13.8. The number of carbonyl (C=O) groups excluding carboxylic acids is 1. The number of rotatable bonds is 5. The molecule has 0 spiro atoms. The van der Waals surface area contributed by atoms with E-state index < -0.39 is 17.5 Å². The molecule has 4 rings (SSSR count). The van der Waals surface area contributed by atoms with Crippen LogP contribution in [0, 0.1) is 11.6 Å². The first-order chi connectivity index (χ1) is 14.5. The molecular weight excluding hydrogens is 408 g/mol. The SMILES string of the molecule is O=C(CSc1nc2ccccc2c(=O)n1C1CCCCC1)Nc1cc(F)ccc1F. The summed E-state index contributed by atoms with van der Waals surface area (Å²) in [4.78, 5) is 30.2. The van der Waals surface area contributed by atoms with Gasteiger partial charge in [-0.3, -0.25) is 14.2 Å². The second kappa shape index (κ2) is 8.95. The third kappa shape index (κ3) is 4.38. The Morgan fingerprint density at radius 2 is 1.90 bits per heavy atom. The molecule has 1 aliphatic carbocycles. The van der Waals surface area contributed by atoms with E-state index in [0.29, 0.717) is 16.1 Å². The molecule has 8 heteroatoms. The molecule has 0 unspecified atom stereocenters. The Labute approximate surface area is 176 Å². The number of para-hydroxylation sites is 1. The van der Waals surface area contributed by atoms with Crippen molar-refractivity contribution in [3.63, 3.8) is 0 Å². The van der Waals surface area contributed by atoms with Gasteiger partial charge in [0.15, 0.2) is 5.16 Å². The monoisotopic (exact) mass is 429 g/mol. The number of nitrogens with one attached hydrogen (secondary N) is 1. The summed E-state index contributed by atoms with van der Waals surface area (Å²) in [5.74, 6) is -1.92. The largest absolute Gasteiger partial charge is 0.323 e. The molecule has 30 heavy (non-hydrogen) atoms.